The van der Waals surface area contributed by atoms with E-state index in [0.717, 1.165) is 10.9 Å². The quantitative estimate of drug-likeness (QED) is 0.753. The average molecular weight is 243 g/mol. The lowest BCUT2D eigenvalue weighted by atomic mass is 10.1. The van der Waals surface area contributed by atoms with Gasteiger partial charge in [-0.15, -0.1) is 0 Å². The Morgan fingerprint density at radius 2 is 2.17 bits per heavy atom. The van der Waals surface area contributed by atoms with Crippen LogP contribution in [-0.2, 0) is 0 Å². The molecule has 5 heteroatoms. The maximum absolute atomic E-state index is 13.9. The molecule has 0 unspecified atom stereocenters. The van der Waals surface area contributed by atoms with E-state index in [1.54, 1.807) is 30.6 Å². The average Bonchev–Trinajstić information content (AvgIpc) is 2.85. The molecule has 0 saturated carbocycles. The number of hydrogen-bond acceptors (Lipinski definition) is 3. The lowest BCUT2D eigenvalue weighted by Crippen LogP contribution is -1.93. The molecule has 0 radical (unpaired) electrons. The number of aromatic amines is 1. The van der Waals surface area contributed by atoms with Crippen LogP contribution in [0.5, 0.6) is 5.75 Å². The molecule has 0 aliphatic heterocycles. The first kappa shape index (κ1) is 10.7. The summed E-state index contributed by atoms with van der Waals surface area (Å²) < 4.78 is 19.1. The highest BCUT2D eigenvalue weighted by molar-refractivity contribution is 5.82. The van der Waals surface area contributed by atoms with E-state index in [2.05, 4.69) is 15.2 Å². The number of methoxy groups -OCH3 is 1. The lowest BCUT2D eigenvalue weighted by molar-refractivity contribution is 0.413. The summed E-state index contributed by atoms with van der Waals surface area (Å²) in [6.07, 6.45) is 3.30. The van der Waals surface area contributed by atoms with E-state index in [1.807, 2.05) is 0 Å². The maximum atomic E-state index is 13.9. The minimum atomic E-state index is -0.357. The van der Waals surface area contributed by atoms with E-state index in [4.69, 9.17) is 4.74 Å². The Bertz CT molecular complexity index is 708. The van der Waals surface area contributed by atoms with Crippen molar-refractivity contribution >= 4 is 10.9 Å². The first-order valence-electron chi connectivity index (χ1n) is 5.41. The van der Waals surface area contributed by atoms with Gasteiger partial charge in [-0.1, -0.05) is 6.07 Å². The molecule has 2 heterocycles. The van der Waals surface area contributed by atoms with E-state index in [0.29, 0.717) is 17.0 Å². The number of rotatable bonds is 2. The third-order valence-electron chi connectivity index (χ3n) is 2.78. The molecule has 0 atom stereocenters. The summed E-state index contributed by atoms with van der Waals surface area (Å²) in [5.41, 5.74) is 1.70. The number of hydrogen-bond donors (Lipinski definition) is 1. The van der Waals surface area contributed by atoms with Crippen LogP contribution in [0.2, 0.25) is 0 Å². The highest BCUT2D eigenvalue weighted by Gasteiger charge is 2.13. The summed E-state index contributed by atoms with van der Waals surface area (Å²) in [5, 5.41) is 7.59. The van der Waals surface area contributed by atoms with E-state index in [1.165, 1.54) is 13.2 Å². The zero-order valence-corrected chi connectivity index (χ0v) is 9.64. The Kier molecular flexibility index (Phi) is 2.44. The van der Waals surface area contributed by atoms with Gasteiger partial charge in [-0.2, -0.15) is 5.10 Å². The second kappa shape index (κ2) is 4.10. The molecule has 0 aliphatic rings. The molecular weight excluding hydrogens is 233 g/mol. The molecule has 3 aromatic rings. The van der Waals surface area contributed by atoms with E-state index >= 15 is 0 Å². The van der Waals surface area contributed by atoms with Gasteiger partial charge < -0.3 is 4.74 Å². The van der Waals surface area contributed by atoms with Crippen LogP contribution < -0.4 is 4.74 Å². The van der Waals surface area contributed by atoms with Gasteiger partial charge in [0.15, 0.2) is 0 Å². The largest absolute Gasteiger partial charge is 0.496 e. The Hall–Kier alpha value is -2.43. The van der Waals surface area contributed by atoms with Crippen molar-refractivity contribution < 1.29 is 9.13 Å². The monoisotopic (exact) mass is 243 g/mol. The highest BCUT2D eigenvalue weighted by Crippen LogP contribution is 2.32. The molecule has 1 aromatic carbocycles. The predicted octanol–water partition coefficient (Wildman–Crippen LogP) is 2.77. The van der Waals surface area contributed by atoms with Gasteiger partial charge in [0.2, 0.25) is 0 Å². The number of nitrogens with zero attached hydrogens (tertiary/aromatic N) is 2. The molecule has 2 aromatic heterocycles. The maximum Gasteiger partial charge on any atom is 0.136 e. The van der Waals surface area contributed by atoms with E-state index < -0.39 is 0 Å². The van der Waals surface area contributed by atoms with Gasteiger partial charge in [0, 0.05) is 5.39 Å². The number of halogens is 1. The van der Waals surface area contributed by atoms with Gasteiger partial charge >= 0.3 is 0 Å². The van der Waals surface area contributed by atoms with Crippen molar-refractivity contribution in [2.24, 2.45) is 0 Å². The standard InChI is InChI=1S/C13H10FN3O/c1-18-12-4-2-3-9(14)13(12)10-5-8-6-16-17-11(8)7-15-10/h2-7H,1H3,(H,16,17). The van der Waals surface area contributed by atoms with Gasteiger partial charge in [0.25, 0.3) is 0 Å². The number of benzene rings is 1. The van der Waals surface area contributed by atoms with Gasteiger partial charge in [0.1, 0.15) is 11.6 Å². The molecule has 90 valence electrons. The smallest absolute Gasteiger partial charge is 0.136 e. The van der Waals surface area contributed by atoms with Crippen molar-refractivity contribution in [2.45, 2.75) is 0 Å². The van der Waals surface area contributed by atoms with Gasteiger partial charge in [0.05, 0.1) is 36.3 Å². The third kappa shape index (κ3) is 1.60. The van der Waals surface area contributed by atoms with Crippen molar-refractivity contribution in [3.63, 3.8) is 0 Å². The number of nitrogens with one attached hydrogen (secondary N) is 1. The molecule has 0 aliphatic carbocycles. The third-order valence-corrected chi connectivity index (χ3v) is 2.78. The Morgan fingerprint density at radius 1 is 1.28 bits per heavy atom. The Morgan fingerprint density at radius 3 is 3.00 bits per heavy atom. The molecule has 18 heavy (non-hydrogen) atoms. The summed E-state index contributed by atoms with van der Waals surface area (Å²) in [5.74, 6) is 0.107. The number of pyridine rings is 1. The summed E-state index contributed by atoms with van der Waals surface area (Å²) in [6.45, 7) is 0. The second-order valence-electron chi connectivity index (χ2n) is 3.84. The summed E-state index contributed by atoms with van der Waals surface area (Å²) in [4.78, 5) is 4.23. The first-order valence-corrected chi connectivity index (χ1v) is 5.41. The molecule has 3 rings (SSSR count). The SMILES string of the molecule is COc1cccc(F)c1-c1cc2cn[nH]c2cn1. The van der Waals surface area contributed by atoms with Crippen molar-refractivity contribution in [1.29, 1.82) is 0 Å². The lowest BCUT2D eigenvalue weighted by Gasteiger charge is -2.08. The minimum Gasteiger partial charge on any atom is -0.496 e. The van der Waals surface area contributed by atoms with Crippen LogP contribution in [0.15, 0.2) is 36.7 Å². The molecule has 0 spiro atoms. The van der Waals surface area contributed by atoms with Crippen molar-refractivity contribution in [1.82, 2.24) is 15.2 Å². The fourth-order valence-electron chi connectivity index (χ4n) is 1.90. The minimum absolute atomic E-state index is 0.357. The van der Waals surface area contributed by atoms with Gasteiger partial charge in [-0.3, -0.25) is 10.1 Å². The van der Waals surface area contributed by atoms with Crippen LogP contribution in [-0.4, -0.2) is 22.3 Å². The zero-order chi connectivity index (χ0) is 12.5. The van der Waals surface area contributed by atoms with Crippen LogP contribution in [0.1, 0.15) is 0 Å². The molecule has 0 fully saturated rings. The molecule has 4 nitrogen and oxygen atoms in total. The zero-order valence-electron chi connectivity index (χ0n) is 9.64. The van der Waals surface area contributed by atoms with Gasteiger partial charge in [-0.05, 0) is 18.2 Å². The molecule has 0 amide bonds. The van der Waals surface area contributed by atoms with E-state index in [-0.39, 0.29) is 5.82 Å². The fraction of sp³-hybridized carbons (Fsp3) is 0.0769. The Labute approximate surface area is 102 Å². The first-order chi connectivity index (χ1) is 8.79. The van der Waals surface area contributed by atoms with Gasteiger partial charge in [-0.25, -0.2) is 4.39 Å². The van der Waals surface area contributed by atoms with Crippen LogP contribution in [0.3, 0.4) is 0 Å². The topological polar surface area (TPSA) is 50.8 Å². The van der Waals surface area contributed by atoms with Crippen molar-refractivity contribution in [3.05, 3.63) is 42.5 Å². The number of H-pyrrole nitrogens is 1. The van der Waals surface area contributed by atoms with Crippen LogP contribution in [0, 0.1) is 5.82 Å². The summed E-state index contributed by atoms with van der Waals surface area (Å²) in [6, 6.07) is 6.48. The molecule has 0 bridgehead atoms. The molecule has 0 saturated heterocycles. The van der Waals surface area contributed by atoms with Crippen LogP contribution in [0.25, 0.3) is 22.2 Å². The Balaban J connectivity index is 2.24. The second-order valence-corrected chi connectivity index (χ2v) is 3.84. The summed E-state index contributed by atoms with van der Waals surface area (Å²) in [7, 11) is 1.51. The van der Waals surface area contributed by atoms with Crippen molar-refractivity contribution in [3.8, 4) is 17.0 Å². The fourth-order valence-corrected chi connectivity index (χ4v) is 1.90. The normalized spacial score (nSPS) is 10.8. The molecule has 1 N–H and O–H groups in total. The highest BCUT2D eigenvalue weighted by atomic mass is 19.1. The van der Waals surface area contributed by atoms with Crippen LogP contribution >= 0.6 is 0 Å². The van der Waals surface area contributed by atoms with Crippen molar-refractivity contribution in [2.75, 3.05) is 7.11 Å². The number of aromatic nitrogens is 3. The molecular formula is C13H10FN3O. The predicted molar refractivity (Wildman–Crippen MR) is 65.8 cm³/mol. The number of ether oxygens (including phenoxy) is 1. The summed E-state index contributed by atoms with van der Waals surface area (Å²) >= 11 is 0. The van der Waals surface area contributed by atoms with E-state index in [9.17, 15) is 4.39 Å². The van der Waals surface area contributed by atoms with Crippen LogP contribution in [0.4, 0.5) is 4.39 Å². The number of fused-ring (bicyclic) bond motifs is 1.